The SMILES string of the molecule is CCCNC(Cc1cnn(CC)c1)c1snnc1C(C)C. The monoisotopic (exact) mass is 307 g/mol. The Morgan fingerprint density at radius 2 is 2.14 bits per heavy atom. The van der Waals surface area contributed by atoms with Gasteiger partial charge in [-0.3, -0.25) is 4.68 Å². The highest BCUT2D eigenvalue weighted by Crippen LogP contribution is 2.28. The van der Waals surface area contributed by atoms with E-state index in [9.17, 15) is 0 Å². The number of hydrogen-bond donors (Lipinski definition) is 1. The predicted molar refractivity (Wildman–Crippen MR) is 86.6 cm³/mol. The van der Waals surface area contributed by atoms with Crippen LogP contribution in [0.3, 0.4) is 0 Å². The van der Waals surface area contributed by atoms with Gasteiger partial charge in [0.2, 0.25) is 0 Å². The van der Waals surface area contributed by atoms with Crippen LogP contribution in [0.15, 0.2) is 12.4 Å². The van der Waals surface area contributed by atoms with Crippen molar-refractivity contribution in [1.82, 2.24) is 24.7 Å². The fourth-order valence-electron chi connectivity index (χ4n) is 2.34. The molecule has 1 unspecified atom stereocenters. The average molecular weight is 307 g/mol. The lowest BCUT2D eigenvalue weighted by Gasteiger charge is -2.18. The first-order valence-corrected chi connectivity index (χ1v) is 8.49. The highest BCUT2D eigenvalue weighted by atomic mass is 32.1. The van der Waals surface area contributed by atoms with Crippen molar-refractivity contribution in [2.75, 3.05) is 6.54 Å². The molecule has 6 heteroatoms. The van der Waals surface area contributed by atoms with E-state index in [1.54, 1.807) is 0 Å². The summed E-state index contributed by atoms with van der Waals surface area (Å²) in [5.41, 5.74) is 2.38. The Balaban J connectivity index is 2.19. The van der Waals surface area contributed by atoms with Crippen molar-refractivity contribution in [3.8, 4) is 0 Å². The van der Waals surface area contributed by atoms with Gasteiger partial charge in [-0.2, -0.15) is 5.10 Å². The molecule has 0 saturated heterocycles. The summed E-state index contributed by atoms with van der Waals surface area (Å²) in [5.74, 6) is 0.406. The zero-order chi connectivity index (χ0) is 15.2. The van der Waals surface area contributed by atoms with Gasteiger partial charge in [0.25, 0.3) is 0 Å². The van der Waals surface area contributed by atoms with Gasteiger partial charge in [0, 0.05) is 18.8 Å². The van der Waals surface area contributed by atoms with Gasteiger partial charge >= 0.3 is 0 Å². The molecule has 116 valence electrons. The number of rotatable bonds is 8. The highest BCUT2D eigenvalue weighted by Gasteiger charge is 2.21. The Labute approximate surface area is 130 Å². The zero-order valence-corrected chi connectivity index (χ0v) is 14.2. The molecule has 0 amide bonds. The highest BCUT2D eigenvalue weighted by molar-refractivity contribution is 7.05. The summed E-state index contributed by atoms with van der Waals surface area (Å²) in [5, 5.41) is 12.3. The van der Waals surface area contributed by atoms with Crippen LogP contribution < -0.4 is 5.32 Å². The van der Waals surface area contributed by atoms with Gasteiger partial charge in [0.15, 0.2) is 0 Å². The van der Waals surface area contributed by atoms with Crippen LogP contribution in [-0.4, -0.2) is 25.9 Å². The first kappa shape index (κ1) is 16.1. The van der Waals surface area contributed by atoms with Crippen LogP contribution in [0.1, 0.15) is 62.2 Å². The van der Waals surface area contributed by atoms with Crippen LogP contribution in [0.5, 0.6) is 0 Å². The lowest BCUT2D eigenvalue weighted by atomic mass is 10.0. The summed E-state index contributed by atoms with van der Waals surface area (Å²) < 4.78 is 6.14. The third-order valence-corrected chi connectivity index (χ3v) is 4.35. The topological polar surface area (TPSA) is 55.6 Å². The molecule has 0 aliphatic rings. The fourth-order valence-corrected chi connectivity index (χ4v) is 3.22. The minimum atomic E-state index is 0.275. The maximum absolute atomic E-state index is 4.37. The molecule has 0 bridgehead atoms. The Morgan fingerprint density at radius 3 is 2.76 bits per heavy atom. The van der Waals surface area contributed by atoms with Crippen LogP contribution >= 0.6 is 11.5 Å². The Bertz CT molecular complexity index is 546. The minimum absolute atomic E-state index is 0.275. The van der Waals surface area contributed by atoms with Gasteiger partial charge in [0.05, 0.1) is 16.8 Å². The Hall–Kier alpha value is -1.27. The third-order valence-electron chi connectivity index (χ3n) is 3.49. The number of hydrogen-bond acceptors (Lipinski definition) is 5. The average Bonchev–Trinajstić information content (AvgIpc) is 3.11. The van der Waals surface area contributed by atoms with Crippen molar-refractivity contribution in [3.63, 3.8) is 0 Å². The van der Waals surface area contributed by atoms with E-state index in [4.69, 9.17) is 0 Å². The van der Waals surface area contributed by atoms with Crippen molar-refractivity contribution in [1.29, 1.82) is 0 Å². The molecular formula is C15H25N5S. The van der Waals surface area contributed by atoms with Gasteiger partial charge in [-0.25, -0.2) is 0 Å². The van der Waals surface area contributed by atoms with E-state index in [1.165, 1.54) is 22.0 Å². The van der Waals surface area contributed by atoms with E-state index in [0.717, 1.165) is 31.6 Å². The lowest BCUT2D eigenvalue weighted by Crippen LogP contribution is -2.24. The van der Waals surface area contributed by atoms with Crippen LogP contribution in [0, 0.1) is 0 Å². The molecule has 0 aliphatic heterocycles. The molecule has 0 aliphatic carbocycles. The van der Waals surface area contributed by atoms with Gasteiger partial charge in [-0.1, -0.05) is 25.3 Å². The normalized spacial score (nSPS) is 13.0. The molecule has 2 aromatic heterocycles. The molecule has 5 nitrogen and oxygen atoms in total. The van der Waals surface area contributed by atoms with Gasteiger partial charge < -0.3 is 5.32 Å². The molecule has 2 rings (SSSR count). The third kappa shape index (κ3) is 4.11. The quantitative estimate of drug-likeness (QED) is 0.814. The van der Waals surface area contributed by atoms with Crippen LogP contribution in [0.25, 0.3) is 0 Å². The smallest absolute Gasteiger partial charge is 0.0829 e. The second kappa shape index (κ2) is 7.66. The molecule has 0 spiro atoms. The molecule has 2 aromatic rings. The summed E-state index contributed by atoms with van der Waals surface area (Å²) in [6, 6.07) is 0.275. The van der Waals surface area contributed by atoms with Crippen LogP contribution in [0.4, 0.5) is 0 Å². The zero-order valence-electron chi connectivity index (χ0n) is 13.3. The summed E-state index contributed by atoms with van der Waals surface area (Å²) in [6.07, 6.45) is 6.15. The van der Waals surface area contributed by atoms with Gasteiger partial charge in [-0.15, -0.1) is 5.10 Å². The standard InChI is InChI=1S/C15H25N5S/c1-5-7-16-13(8-12-9-17-20(6-2)10-12)15-14(11(3)4)18-19-21-15/h9-11,13,16H,5-8H2,1-4H3. The van der Waals surface area contributed by atoms with Gasteiger partial charge in [-0.05, 0) is 49.3 Å². The molecule has 2 heterocycles. The molecule has 1 N–H and O–H groups in total. The molecule has 0 aromatic carbocycles. The molecule has 21 heavy (non-hydrogen) atoms. The van der Waals surface area contributed by atoms with Gasteiger partial charge in [0.1, 0.15) is 0 Å². The fraction of sp³-hybridized carbons (Fsp3) is 0.667. The largest absolute Gasteiger partial charge is 0.309 e. The van der Waals surface area contributed by atoms with Crippen molar-refractivity contribution < 1.29 is 0 Å². The molecule has 0 radical (unpaired) electrons. The Morgan fingerprint density at radius 1 is 1.33 bits per heavy atom. The van der Waals surface area contributed by atoms with Crippen molar-refractivity contribution >= 4 is 11.5 Å². The van der Waals surface area contributed by atoms with E-state index in [1.807, 2.05) is 10.9 Å². The maximum atomic E-state index is 4.37. The molecule has 0 fully saturated rings. The maximum Gasteiger partial charge on any atom is 0.0829 e. The van der Waals surface area contributed by atoms with Crippen molar-refractivity contribution in [3.05, 3.63) is 28.5 Å². The van der Waals surface area contributed by atoms with E-state index < -0.39 is 0 Å². The minimum Gasteiger partial charge on any atom is -0.309 e. The number of aryl methyl sites for hydroxylation is 1. The molecular weight excluding hydrogens is 282 g/mol. The van der Waals surface area contributed by atoms with E-state index in [2.05, 4.69) is 53.9 Å². The summed E-state index contributed by atoms with van der Waals surface area (Å²) in [4.78, 5) is 1.27. The van der Waals surface area contributed by atoms with E-state index in [0.29, 0.717) is 5.92 Å². The number of aromatic nitrogens is 4. The predicted octanol–water partition coefficient (Wildman–Crippen LogP) is 3.16. The summed E-state index contributed by atoms with van der Waals surface area (Å²) >= 11 is 1.52. The molecule has 1 atom stereocenters. The van der Waals surface area contributed by atoms with Crippen molar-refractivity contribution in [2.45, 2.75) is 59.0 Å². The summed E-state index contributed by atoms with van der Waals surface area (Å²) in [7, 11) is 0. The number of nitrogens with one attached hydrogen (secondary N) is 1. The molecule has 0 saturated carbocycles. The first-order valence-electron chi connectivity index (χ1n) is 7.72. The first-order chi connectivity index (χ1) is 10.2. The summed E-state index contributed by atoms with van der Waals surface area (Å²) in [6.45, 7) is 10.5. The van der Waals surface area contributed by atoms with Crippen LogP contribution in [-0.2, 0) is 13.0 Å². The van der Waals surface area contributed by atoms with E-state index in [-0.39, 0.29) is 6.04 Å². The lowest BCUT2D eigenvalue weighted by molar-refractivity contribution is 0.529. The Kier molecular flexibility index (Phi) is 5.87. The second-order valence-corrected chi connectivity index (χ2v) is 6.38. The second-order valence-electron chi connectivity index (χ2n) is 5.59. The van der Waals surface area contributed by atoms with Crippen LogP contribution in [0.2, 0.25) is 0 Å². The van der Waals surface area contributed by atoms with Crippen molar-refractivity contribution in [2.24, 2.45) is 0 Å². The van der Waals surface area contributed by atoms with E-state index >= 15 is 0 Å². The number of nitrogens with zero attached hydrogens (tertiary/aromatic N) is 4.